The fourth-order valence-corrected chi connectivity index (χ4v) is 2.98. The molecule has 100 valence electrons. The third-order valence-corrected chi connectivity index (χ3v) is 3.92. The van der Waals surface area contributed by atoms with Gasteiger partial charge in [0.2, 0.25) is 0 Å². The molecule has 0 bridgehead atoms. The number of halogens is 1. The monoisotopic (exact) mass is 313 g/mol. The van der Waals surface area contributed by atoms with Crippen LogP contribution < -0.4 is 10.1 Å². The summed E-state index contributed by atoms with van der Waals surface area (Å²) in [6, 6.07) is 6.49. The van der Waals surface area contributed by atoms with E-state index in [1.165, 1.54) is 5.56 Å². The molecule has 2 unspecified atom stereocenters. The molecule has 1 heterocycles. The Bertz CT molecular complexity index is 391. The summed E-state index contributed by atoms with van der Waals surface area (Å²) in [4.78, 5) is 0. The summed E-state index contributed by atoms with van der Waals surface area (Å²) in [5.74, 6) is 0.862. The van der Waals surface area contributed by atoms with Gasteiger partial charge in [0, 0.05) is 6.61 Å². The Morgan fingerprint density at radius 1 is 1.56 bits per heavy atom. The smallest absolute Gasteiger partial charge is 0.133 e. The number of likely N-dealkylation sites (N-methyl/N-ethyl adjacent to an activating group) is 1. The van der Waals surface area contributed by atoms with Crippen molar-refractivity contribution in [2.45, 2.75) is 31.9 Å². The van der Waals surface area contributed by atoms with Gasteiger partial charge < -0.3 is 14.8 Å². The summed E-state index contributed by atoms with van der Waals surface area (Å²) in [7, 11) is 1.68. The zero-order valence-corrected chi connectivity index (χ0v) is 12.5. The maximum absolute atomic E-state index is 5.81. The minimum Gasteiger partial charge on any atom is -0.496 e. The Morgan fingerprint density at radius 3 is 2.94 bits per heavy atom. The Hall–Kier alpha value is -0.580. The van der Waals surface area contributed by atoms with E-state index in [9.17, 15) is 0 Å². The van der Waals surface area contributed by atoms with Gasteiger partial charge in [0.25, 0.3) is 0 Å². The van der Waals surface area contributed by atoms with Gasteiger partial charge in [-0.15, -0.1) is 0 Å². The van der Waals surface area contributed by atoms with Gasteiger partial charge in [-0.25, -0.2) is 0 Å². The maximum atomic E-state index is 5.81. The molecule has 1 aromatic rings. The van der Waals surface area contributed by atoms with Crippen LogP contribution in [0.3, 0.4) is 0 Å². The molecule has 0 spiro atoms. The molecule has 2 rings (SSSR count). The first-order valence-corrected chi connectivity index (χ1v) is 7.24. The molecule has 0 aliphatic carbocycles. The largest absolute Gasteiger partial charge is 0.496 e. The van der Waals surface area contributed by atoms with E-state index in [-0.39, 0.29) is 12.1 Å². The highest BCUT2D eigenvalue weighted by Crippen LogP contribution is 2.32. The lowest BCUT2D eigenvalue weighted by atomic mass is 9.99. The first kappa shape index (κ1) is 13.8. The van der Waals surface area contributed by atoms with E-state index >= 15 is 0 Å². The zero-order valence-electron chi connectivity index (χ0n) is 10.9. The van der Waals surface area contributed by atoms with Crippen LogP contribution in [0.5, 0.6) is 5.75 Å². The van der Waals surface area contributed by atoms with Gasteiger partial charge in [-0.1, -0.05) is 13.0 Å². The van der Waals surface area contributed by atoms with Gasteiger partial charge in [-0.3, -0.25) is 0 Å². The van der Waals surface area contributed by atoms with Gasteiger partial charge in [-0.05, 0) is 53.0 Å². The van der Waals surface area contributed by atoms with Crippen molar-refractivity contribution in [2.75, 3.05) is 20.3 Å². The summed E-state index contributed by atoms with van der Waals surface area (Å²) in [5, 5.41) is 3.52. The number of hydrogen-bond acceptors (Lipinski definition) is 3. The molecule has 1 N–H and O–H groups in total. The van der Waals surface area contributed by atoms with E-state index in [4.69, 9.17) is 9.47 Å². The molecule has 4 heteroatoms. The van der Waals surface area contributed by atoms with E-state index in [2.05, 4.69) is 40.3 Å². The van der Waals surface area contributed by atoms with Gasteiger partial charge in [-0.2, -0.15) is 0 Å². The summed E-state index contributed by atoms with van der Waals surface area (Å²) < 4.78 is 12.1. The number of hydrogen-bond donors (Lipinski definition) is 1. The Balaban J connectivity index is 2.21. The molecule has 0 amide bonds. The third kappa shape index (κ3) is 3.05. The number of benzene rings is 1. The number of ether oxygens (including phenoxy) is 2. The van der Waals surface area contributed by atoms with Crippen LogP contribution in [0.15, 0.2) is 22.7 Å². The van der Waals surface area contributed by atoms with Crippen molar-refractivity contribution in [3.8, 4) is 5.75 Å². The third-order valence-electron chi connectivity index (χ3n) is 3.30. The minimum atomic E-state index is 0.264. The predicted molar refractivity (Wildman–Crippen MR) is 76.1 cm³/mol. The molecule has 0 saturated carbocycles. The van der Waals surface area contributed by atoms with Crippen molar-refractivity contribution < 1.29 is 9.47 Å². The molecule has 2 atom stereocenters. The van der Waals surface area contributed by atoms with Crippen LogP contribution in [0.4, 0.5) is 0 Å². The molecule has 1 aromatic carbocycles. The summed E-state index contributed by atoms with van der Waals surface area (Å²) in [6.07, 6.45) is 2.57. The van der Waals surface area contributed by atoms with Crippen LogP contribution >= 0.6 is 15.9 Å². The van der Waals surface area contributed by atoms with E-state index in [0.29, 0.717) is 0 Å². The van der Waals surface area contributed by atoms with E-state index in [1.54, 1.807) is 7.11 Å². The maximum Gasteiger partial charge on any atom is 0.133 e. The SMILES string of the molecule is CCNC(c1ccc(OC)c(Br)c1)C1CCCO1. The topological polar surface area (TPSA) is 30.5 Å². The lowest BCUT2D eigenvalue weighted by molar-refractivity contribution is 0.0788. The van der Waals surface area contributed by atoms with Crippen molar-refractivity contribution in [2.24, 2.45) is 0 Å². The quantitative estimate of drug-likeness (QED) is 0.905. The van der Waals surface area contributed by atoms with Gasteiger partial charge in [0.1, 0.15) is 5.75 Å². The lowest BCUT2D eigenvalue weighted by Crippen LogP contribution is -2.31. The van der Waals surface area contributed by atoms with Crippen molar-refractivity contribution in [3.63, 3.8) is 0 Å². The molecule has 1 fully saturated rings. The standard InChI is InChI=1S/C14H20BrNO2/c1-3-16-14(13-5-4-8-18-13)10-6-7-12(17-2)11(15)9-10/h6-7,9,13-14,16H,3-5,8H2,1-2H3. The first-order valence-electron chi connectivity index (χ1n) is 6.44. The highest BCUT2D eigenvalue weighted by molar-refractivity contribution is 9.10. The minimum absolute atomic E-state index is 0.264. The van der Waals surface area contributed by atoms with E-state index in [1.807, 2.05) is 6.07 Å². The molecular weight excluding hydrogens is 294 g/mol. The normalized spacial score (nSPS) is 20.9. The van der Waals surface area contributed by atoms with Crippen molar-refractivity contribution >= 4 is 15.9 Å². The zero-order chi connectivity index (χ0) is 13.0. The fraction of sp³-hybridized carbons (Fsp3) is 0.571. The summed E-state index contributed by atoms with van der Waals surface area (Å²) >= 11 is 3.54. The van der Waals surface area contributed by atoms with Crippen LogP contribution in [0.25, 0.3) is 0 Å². The lowest BCUT2D eigenvalue weighted by Gasteiger charge is -2.24. The molecule has 0 radical (unpaired) electrons. The van der Waals surface area contributed by atoms with Crippen molar-refractivity contribution in [1.29, 1.82) is 0 Å². The molecule has 1 aliphatic heterocycles. The summed E-state index contributed by atoms with van der Waals surface area (Å²) in [5.41, 5.74) is 1.25. The van der Waals surface area contributed by atoms with Crippen molar-refractivity contribution in [3.05, 3.63) is 28.2 Å². The Labute approximate surface area is 117 Å². The van der Waals surface area contributed by atoms with E-state index < -0.39 is 0 Å². The average molecular weight is 314 g/mol. The summed E-state index contributed by atoms with van der Waals surface area (Å²) in [6.45, 7) is 3.94. The molecule has 1 saturated heterocycles. The van der Waals surface area contributed by atoms with Crippen molar-refractivity contribution in [1.82, 2.24) is 5.32 Å². The van der Waals surface area contributed by atoms with Crippen LogP contribution in [-0.4, -0.2) is 26.4 Å². The Morgan fingerprint density at radius 2 is 2.39 bits per heavy atom. The Kier molecular flexibility index (Phi) is 5.03. The average Bonchev–Trinajstić information content (AvgIpc) is 2.89. The first-order chi connectivity index (χ1) is 8.76. The van der Waals surface area contributed by atoms with Gasteiger partial charge in [0.15, 0.2) is 0 Å². The van der Waals surface area contributed by atoms with Crippen LogP contribution in [-0.2, 0) is 4.74 Å². The predicted octanol–water partition coefficient (Wildman–Crippen LogP) is 3.29. The highest BCUT2D eigenvalue weighted by atomic mass is 79.9. The molecule has 0 aromatic heterocycles. The second-order valence-electron chi connectivity index (χ2n) is 4.48. The van der Waals surface area contributed by atoms with E-state index in [0.717, 1.165) is 36.2 Å². The second kappa shape index (κ2) is 6.55. The number of rotatable bonds is 5. The van der Waals surface area contributed by atoms with Gasteiger partial charge >= 0.3 is 0 Å². The second-order valence-corrected chi connectivity index (χ2v) is 5.34. The number of methoxy groups -OCH3 is 1. The molecule has 1 aliphatic rings. The molecule has 3 nitrogen and oxygen atoms in total. The molecule has 18 heavy (non-hydrogen) atoms. The van der Waals surface area contributed by atoms with Crippen LogP contribution in [0.2, 0.25) is 0 Å². The molecular formula is C14H20BrNO2. The van der Waals surface area contributed by atoms with Gasteiger partial charge in [0.05, 0.1) is 23.7 Å². The fourth-order valence-electron chi connectivity index (χ4n) is 2.43. The van der Waals surface area contributed by atoms with Crippen LogP contribution in [0, 0.1) is 0 Å². The highest BCUT2D eigenvalue weighted by Gasteiger charge is 2.26. The number of nitrogens with one attached hydrogen (secondary N) is 1. The van der Waals surface area contributed by atoms with Crippen LogP contribution in [0.1, 0.15) is 31.4 Å².